The highest BCUT2D eigenvalue weighted by molar-refractivity contribution is 5.84. The van der Waals surface area contributed by atoms with Gasteiger partial charge in [0.1, 0.15) is 6.61 Å². The van der Waals surface area contributed by atoms with Crippen molar-refractivity contribution in [1.82, 2.24) is 4.90 Å². The summed E-state index contributed by atoms with van der Waals surface area (Å²) >= 11 is 0. The SMILES string of the molecule is C=CCOC(=O)Nc1ccc(C2OC(CN3CCC4(CC3)OCCO4)C(C)C(c3ccc(CO)cc3)O2)cc1. The van der Waals surface area contributed by atoms with Crippen LogP contribution in [-0.2, 0) is 30.3 Å². The van der Waals surface area contributed by atoms with Crippen molar-refractivity contribution in [1.29, 1.82) is 0 Å². The lowest BCUT2D eigenvalue weighted by atomic mass is 9.89. The highest BCUT2D eigenvalue weighted by atomic mass is 16.7. The van der Waals surface area contributed by atoms with Gasteiger partial charge in [0, 0.05) is 49.6 Å². The molecule has 9 nitrogen and oxygen atoms in total. The number of piperidine rings is 1. The Morgan fingerprint density at radius 3 is 2.38 bits per heavy atom. The predicted octanol–water partition coefficient (Wildman–Crippen LogP) is 4.54. The van der Waals surface area contributed by atoms with Crippen molar-refractivity contribution in [3.05, 3.63) is 77.9 Å². The largest absolute Gasteiger partial charge is 0.445 e. The normalized spacial score (nSPS) is 26.8. The Morgan fingerprint density at radius 2 is 1.74 bits per heavy atom. The number of hydrogen-bond donors (Lipinski definition) is 2. The number of aliphatic hydroxyl groups excluding tert-OH is 1. The summed E-state index contributed by atoms with van der Waals surface area (Å²) in [5.41, 5.74) is 3.38. The van der Waals surface area contributed by atoms with Gasteiger partial charge in [-0.2, -0.15) is 0 Å². The number of hydrogen-bond acceptors (Lipinski definition) is 8. The topological polar surface area (TPSA) is 98.7 Å². The van der Waals surface area contributed by atoms with Crippen LogP contribution in [0.25, 0.3) is 0 Å². The Hall–Kier alpha value is -2.79. The van der Waals surface area contributed by atoms with E-state index in [-0.39, 0.29) is 31.3 Å². The van der Waals surface area contributed by atoms with E-state index in [0.717, 1.165) is 49.2 Å². The molecule has 2 aromatic rings. The van der Waals surface area contributed by atoms with Crippen molar-refractivity contribution in [2.24, 2.45) is 5.92 Å². The van der Waals surface area contributed by atoms with Gasteiger partial charge in [0.2, 0.25) is 0 Å². The van der Waals surface area contributed by atoms with Gasteiger partial charge in [-0.25, -0.2) is 4.79 Å². The monoisotopic (exact) mass is 538 g/mol. The maximum Gasteiger partial charge on any atom is 0.411 e. The molecule has 3 fully saturated rings. The minimum Gasteiger partial charge on any atom is -0.445 e. The number of benzene rings is 2. The molecule has 5 rings (SSSR count). The van der Waals surface area contributed by atoms with E-state index in [0.29, 0.717) is 18.9 Å². The third kappa shape index (κ3) is 6.69. The van der Waals surface area contributed by atoms with E-state index in [1.807, 2.05) is 36.4 Å². The summed E-state index contributed by atoms with van der Waals surface area (Å²) in [7, 11) is 0. The van der Waals surface area contributed by atoms with Crippen molar-refractivity contribution in [3.63, 3.8) is 0 Å². The zero-order chi connectivity index (χ0) is 27.2. The van der Waals surface area contributed by atoms with E-state index in [4.69, 9.17) is 23.7 Å². The maximum atomic E-state index is 11.9. The van der Waals surface area contributed by atoms with E-state index >= 15 is 0 Å². The van der Waals surface area contributed by atoms with Crippen molar-refractivity contribution in [2.75, 3.05) is 44.8 Å². The molecule has 3 aliphatic rings. The summed E-state index contributed by atoms with van der Waals surface area (Å²) in [6, 6.07) is 15.3. The Kier molecular flexibility index (Phi) is 8.96. The van der Waals surface area contributed by atoms with E-state index in [1.54, 1.807) is 12.1 Å². The molecule has 4 atom stereocenters. The zero-order valence-electron chi connectivity index (χ0n) is 22.4. The number of anilines is 1. The van der Waals surface area contributed by atoms with Gasteiger partial charge >= 0.3 is 6.09 Å². The average Bonchev–Trinajstić information content (AvgIpc) is 3.42. The quantitative estimate of drug-likeness (QED) is 0.473. The summed E-state index contributed by atoms with van der Waals surface area (Å²) in [5, 5.41) is 12.2. The number of aliphatic hydroxyl groups is 1. The molecule has 9 heteroatoms. The smallest absolute Gasteiger partial charge is 0.411 e. The van der Waals surface area contributed by atoms with Crippen molar-refractivity contribution in [3.8, 4) is 0 Å². The molecule has 3 heterocycles. The number of nitrogens with zero attached hydrogens (tertiary/aromatic N) is 1. The van der Waals surface area contributed by atoms with Crippen LogP contribution in [0.4, 0.5) is 10.5 Å². The minimum atomic E-state index is -0.576. The first-order chi connectivity index (χ1) is 19.0. The van der Waals surface area contributed by atoms with Crippen LogP contribution < -0.4 is 5.32 Å². The fourth-order valence-corrected chi connectivity index (χ4v) is 5.46. The first kappa shape index (κ1) is 27.8. The lowest BCUT2D eigenvalue weighted by Gasteiger charge is -2.44. The molecule has 3 aliphatic heterocycles. The second kappa shape index (κ2) is 12.6. The van der Waals surface area contributed by atoms with E-state index in [2.05, 4.69) is 23.7 Å². The first-order valence-electron chi connectivity index (χ1n) is 13.6. The lowest BCUT2D eigenvalue weighted by molar-refractivity contribution is -0.278. The van der Waals surface area contributed by atoms with E-state index in [1.165, 1.54) is 6.08 Å². The second-order valence-electron chi connectivity index (χ2n) is 10.4. The number of carbonyl (C=O) groups excluding carboxylic acids is 1. The van der Waals surface area contributed by atoms with Crippen LogP contribution in [0.5, 0.6) is 0 Å². The Balaban J connectivity index is 1.30. The number of likely N-dealkylation sites (tertiary alicyclic amines) is 1. The van der Waals surface area contributed by atoms with Crippen LogP contribution in [0, 0.1) is 5.92 Å². The predicted molar refractivity (Wildman–Crippen MR) is 145 cm³/mol. The van der Waals surface area contributed by atoms with Gasteiger partial charge in [-0.3, -0.25) is 5.32 Å². The number of rotatable bonds is 8. The minimum absolute atomic E-state index is 0.00111. The van der Waals surface area contributed by atoms with Gasteiger partial charge in [0.05, 0.1) is 32.0 Å². The fraction of sp³-hybridized carbons (Fsp3) is 0.500. The molecule has 2 aromatic carbocycles. The molecule has 39 heavy (non-hydrogen) atoms. The van der Waals surface area contributed by atoms with Crippen LogP contribution >= 0.6 is 0 Å². The molecule has 1 amide bonds. The third-order valence-electron chi connectivity index (χ3n) is 7.75. The molecule has 0 bridgehead atoms. The van der Waals surface area contributed by atoms with Gasteiger partial charge in [0.15, 0.2) is 12.1 Å². The molecule has 3 saturated heterocycles. The number of carbonyl (C=O) groups is 1. The zero-order valence-corrected chi connectivity index (χ0v) is 22.4. The van der Waals surface area contributed by atoms with Crippen molar-refractivity contribution < 1.29 is 33.6 Å². The molecular formula is C30H38N2O7. The molecule has 0 aromatic heterocycles. The summed E-state index contributed by atoms with van der Waals surface area (Å²) in [5.74, 6) is -0.317. The molecule has 0 aliphatic carbocycles. The summed E-state index contributed by atoms with van der Waals surface area (Å²) < 4.78 is 29.9. The van der Waals surface area contributed by atoms with E-state index < -0.39 is 18.2 Å². The third-order valence-corrected chi connectivity index (χ3v) is 7.75. The van der Waals surface area contributed by atoms with E-state index in [9.17, 15) is 9.90 Å². The van der Waals surface area contributed by atoms with Crippen molar-refractivity contribution in [2.45, 2.75) is 50.7 Å². The van der Waals surface area contributed by atoms with Crippen molar-refractivity contribution >= 4 is 11.8 Å². The molecule has 1 spiro atoms. The molecule has 2 N–H and O–H groups in total. The lowest BCUT2D eigenvalue weighted by Crippen LogP contribution is -2.50. The van der Waals surface area contributed by atoms with Gasteiger partial charge < -0.3 is 33.7 Å². The van der Waals surface area contributed by atoms with Gasteiger partial charge in [0.25, 0.3) is 0 Å². The molecule has 0 saturated carbocycles. The summed E-state index contributed by atoms with van der Waals surface area (Å²) in [6.07, 6.45) is 1.85. The maximum absolute atomic E-state index is 11.9. The summed E-state index contributed by atoms with van der Waals surface area (Å²) in [6.45, 7) is 9.75. The fourth-order valence-electron chi connectivity index (χ4n) is 5.46. The second-order valence-corrected chi connectivity index (χ2v) is 10.4. The standard InChI is InChI=1S/C30H38N2O7/c1-3-16-35-29(34)31-25-10-8-24(9-11-25)28-38-26(19-32-14-12-30(13-15-32)36-17-18-37-30)21(2)27(39-28)23-6-4-22(20-33)5-7-23/h3-11,21,26-28,33H,1,12-20H2,2H3,(H,31,34). The molecule has 4 unspecified atom stereocenters. The number of amides is 1. The highest BCUT2D eigenvalue weighted by Gasteiger charge is 2.43. The van der Waals surface area contributed by atoms with Gasteiger partial charge in [-0.05, 0) is 23.3 Å². The number of ether oxygens (including phenoxy) is 5. The Labute approximate surface area is 229 Å². The highest BCUT2D eigenvalue weighted by Crippen LogP contribution is 2.42. The van der Waals surface area contributed by atoms with Gasteiger partial charge in [-0.1, -0.05) is 56.0 Å². The Bertz CT molecular complexity index is 1090. The van der Waals surface area contributed by atoms with Gasteiger partial charge in [-0.15, -0.1) is 0 Å². The molecule has 210 valence electrons. The molecule has 0 radical (unpaired) electrons. The van der Waals surface area contributed by atoms with Crippen LogP contribution in [0.2, 0.25) is 0 Å². The van der Waals surface area contributed by atoms with Crippen LogP contribution in [-0.4, -0.2) is 67.4 Å². The summed E-state index contributed by atoms with van der Waals surface area (Å²) in [4.78, 5) is 14.3. The first-order valence-corrected chi connectivity index (χ1v) is 13.6. The Morgan fingerprint density at radius 1 is 1.08 bits per heavy atom. The average molecular weight is 539 g/mol. The van der Waals surface area contributed by atoms with Crippen LogP contribution in [0.1, 0.15) is 48.8 Å². The van der Waals surface area contributed by atoms with Crippen LogP contribution in [0.3, 0.4) is 0 Å². The van der Waals surface area contributed by atoms with Crippen LogP contribution in [0.15, 0.2) is 61.2 Å². The number of nitrogens with one attached hydrogen (secondary N) is 1. The molecular weight excluding hydrogens is 500 g/mol.